The molecule has 0 unspecified atom stereocenters. The molecule has 2 aromatic carbocycles. The van der Waals surface area contributed by atoms with Crippen LogP contribution in [0.2, 0.25) is 0 Å². The molecule has 4 rings (SSSR count). The van der Waals surface area contributed by atoms with Crippen LogP contribution in [0.5, 0.6) is 5.75 Å². The molecule has 1 aliphatic heterocycles. The molecule has 250 valence electrons. The Hall–Kier alpha value is -3.78. The van der Waals surface area contributed by atoms with E-state index in [9.17, 15) is 23.1 Å². The fraction of sp³-hybridized carbons (Fsp3) is 0.485. The first-order valence-corrected chi connectivity index (χ1v) is 17.0. The van der Waals surface area contributed by atoms with Crippen molar-refractivity contribution in [1.29, 1.82) is 0 Å². The van der Waals surface area contributed by atoms with Gasteiger partial charge in [-0.25, -0.2) is 13.4 Å². The van der Waals surface area contributed by atoms with Gasteiger partial charge in [-0.05, 0) is 63.4 Å². The van der Waals surface area contributed by atoms with E-state index in [1.165, 1.54) is 23.9 Å². The van der Waals surface area contributed by atoms with Crippen molar-refractivity contribution in [3.63, 3.8) is 0 Å². The first-order chi connectivity index (χ1) is 21.9. The summed E-state index contributed by atoms with van der Waals surface area (Å²) in [6.07, 6.45) is 4.35. The number of fused-ring (bicyclic) bond motifs is 1. The van der Waals surface area contributed by atoms with Gasteiger partial charge in [0.2, 0.25) is 0 Å². The lowest BCUT2D eigenvalue weighted by Gasteiger charge is -2.35. The van der Waals surface area contributed by atoms with Crippen molar-refractivity contribution in [2.24, 2.45) is 13.0 Å². The number of aromatic nitrogens is 2. The van der Waals surface area contributed by atoms with Crippen molar-refractivity contribution < 1.29 is 32.6 Å². The number of benzene rings is 2. The van der Waals surface area contributed by atoms with E-state index in [1.807, 2.05) is 19.9 Å². The highest BCUT2D eigenvalue weighted by Crippen LogP contribution is 2.29. The van der Waals surface area contributed by atoms with Gasteiger partial charge in [-0.1, -0.05) is 25.1 Å². The topological polar surface area (TPSA) is 143 Å². The molecule has 12 nitrogen and oxygen atoms in total. The maximum absolute atomic E-state index is 14.3. The highest BCUT2D eigenvalue weighted by molar-refractivity contribution is 7.89. The molecule has 0 fully saturated rings. The van der Waals surface area contributed by atoms with Crippen LogP contribution < -0.4 is 10.1 Å². The number of aryl methyl sites for hydroxylation is 1. The maximum atomic E-state index is 14.3. The van der Waals surface area contributed by atoms with Gasteiger partial charge in [0.15, 0.2) is 5.03 Å². The van der Waals surface area contributed by atoms with Gasteiger partial charge in [0, 0.05) is 57.2 Å². The van der Waals surface area contributed by atoms with E-state index >= 15 is 0 Å². The summed E-state index contributed by atoms with van der Waals surface area (Å²) in [5.41, 5.74) is 1.14. The lowest BCUT2D eigenvalue weighted by atomic mass is 10.0. The second-order valence-electron chi connectivity index (χ2n) is 12.0. The summed E-state index contributed by atoms with van der Waals surface area (Å²) in [5, 5.41) is 13.0. The zero-order chi connectivity index (χ0) is 33.4. The molecule has 3 aromatic rings. The third-order valence-electron chi connectivity index (χ3n) is 8.14. The number of aliphatic hydroxyl groups excluding tert-OH is 1. The van der Waals surface area contributed by atoms with Crippen molar-refractivity contribution in [2.45, 2.75) is 63.3 Å². The van der Waals surface area contributed by atoms with Crippen LogP contribution in [0.3, 0.4) is 0 Å². The van der Waals surface area contributed by atoms with Gasteiger partial charge in [0.1, 0.15) is 5.75 Å². The molecular weight excluding hydrogens is 610 g/mol. The molecule has 2 amide bonds. The summed E-state index contributed by atoms with van der Waals surface area (Å²) in [6.45, 7) is 5.89. The molecule has 2 heterocycles. The first kappa shape index (κ1) is 35.1. The average molecular weight is 656 g/mol. The highest BCUT2D eigenvalue weighted by Gasteiger charge is 2.33. The summed E-state index contributed by atoms with van der Waals surface area (Å²) in [7, 11) is -0.687. The summed E-state index contributed by atoms with van der Waals surface area (Å²) in [6, 6.07) is 13.2. The Morgan fingerprint density at radius 2 is 1.91 bits per heavy atom. The monoisotopic (exact) mass is 655 g/mol. The molecule has 0 saturated carbocycles. The van der Waals surface area contributed by atoms with Gasteiger partial charge in [-0.3, -0.25) is 9.59 Å². The fourth-order valence-corrected chi connectivity index (χ4v) is 6.43. The van der Waals surface area contributed by atoms with Crippen molar-refractivity contribution >= 4 is 27.5 Å². The van der Waals surface area contributed by atoms with Crippen LogP contribution in [0, 0.1) is 5.92 Å². The van der Waals surface area contributed by atoms with Crippen molar-refractivity contribution in [2.75, 3.05) is 38.7 Å². The molecule has 0 radical (unpaired) electrons. The molecule has 13 heteroatoms. The number of ether oxygens (including phenoxy) is 2. The van der Waals surface area contributed by atoms with E-state index in [1.54, 1.807) is 65.9 Å². The number of imidazole rings is 1. The maximum Gasteiger partial charge on any atom is 0.261 e. The van der Waals surface area contributed by atoms with Crippen LogP contribution in [0.25, 0.3) is 0 Å². The number of likely N-dealkylation sites (N-methyl/N-ethyl adjacent to an activating group) is 1. The van der Waals surface area contributed by atoms with Crippen molar-refractivity contribution in [3.05, 3.63) is 72.2 Å². The fourth-order valence-electron chi connectivity index (χ4n) is 5.29. The van der Waals surface area contributed by atoms with E-state index in [0.717, 1.165) is 12.8 Å². The summed E-state index contributed by atoms with van der Waals surface area (Å²) in [5.74, 6) is -0.658. The Morgan fingerprint density at radius 3 is 2.59 bits per heavy atom. The summed E-state index contributed by atoms with van der Waals surface area (Å²) < 4.78 is 41.9. The van der Waals surface area contributed by atoms with Crippen molar-refractivity contribution in [1.82, 2.24) is 18.8 Å². The number of carbonyl (C=O) groups excluding carboxylic acids is 2. The van der Waals surface area contributed by atoms with Crippen LogP contribution >= 0.6 is 0 Å². The number of anilines is 1. The number of nitrogens with one attached hydrogen (secondary N) is 1. The molecule has 4 atom stereocenters. The molecule has 1 aromatic heterocycles. The van der Waals surface area contributed by atoms with Crippen LogP contribution in [-0.4, -0.2) is 95.7 Å². The Kier molecular flexibility index (Phi) is 12.0. The number of sulfonamides is 1. The SMILES string of the molecule is C[C@H](CO)N1C[C@H](C)[C@H](CN(C)S(=O)(=O)c2cn(C)cn2)OCCCC[C@H](C)Oc2ccc(NC(=O)c3ccccc3)cc2C1=O. The van der Waals surface area contributed by atoms with E-state index in [0.29, 0.717) is 30.0 Å². The second kappa shape index (κ2) is 15.7. The minimum atomic E-state index is -3.88. The van der Waals surface area contributed by atoms with E-state index < -0.39 is 28.1 Å². The van der Waals surface area contributed by atoms with Gasteiger partial charge in [0.25, 0.3) is 21.8 Å². The zero-order valence-electron chi connectivity index (χ0n) is 27.1. The molecule has 0 aliphatic carbocycles. The van der Waals surface area contributed by atoms with Gasteiger partial charge in [-0.15, -0.1) is 0 Å². The smallest absolute Gasteiger partial charge is 0.261 e. The molecule has 2 N–H and O–H groups in total. The minimum Gasteiger partial charge on any atom is -0.490 e. The van der Waals surface area contributed by atoms with Gasteiger partial charge < -0.3 is 29.4 Å². The second-order valence-corrected chi connectivity index (χ2v) is 14.0. The Bertz CT molecular complexity index is 1580. The Balaban J connectivity index is 1.65. The Morgan fingerprint density at radius 1 is 1.17 bits per heavy atom. The molecule has 1 aliphatic rings. The van der Waals surface area contributed by atoms with Crippen LogP contribution in [0.15, 0.2) is 66.1 Å². The van der Waals surface area contributed by atoms with Crippen LogP contribution in [0.4, 0.5) is 5.69 Å². The van der Waals surface area contributed by atoms with Gasteiger partial charge >= 0.3 is 0 Å². The standard InChI is InChI=1S/C33H45N5O7S/c1-23-18-38(24(2)21-39)33(41)28-17-27(35-32(40)26-12-7-6-8-13-26)14-15-29(28)45-25(3)11-9-10-16-44-30(23)19-37(5)46(42,43)31-20-36(4)22-34-31/h6-8,12-15,17,20,22-25,30,39H,9-11,16,18-19,21H2,1-5H3,(H,35,40)/t23-,24+,25-,30-/m0/s1. The number of rotatable bonds is 8. The van der Waals surface area contributed by atoms with E-state index in [4.69, 9.17) is 9.47 Å². The van der Waals surface area contributed by atoms with Gasteiger partial charge in [0.05, 0.1) is 36.7 Å². The third kappa shape index (κ3) is 8.72. The minimum absolute atomic E-state index is 0.0430. The van der Waals surface area contributed by atoms with E-state index in [2.05, 4.69) is 10.3 Å². The third-order valence-corrected chi connectivity index (χ3v) is 9.85. The summed E-state index contributed by atoms with van der Waals surface area (Å²) >= 11 is 0. The number of hydrogen-bond donors (Lipinski definition) is 2. The quantitative estimate of drug-likeness (QED) is 0.373. The summed E-state index contributed by atoms with van der Waals surface area (Å²) in [4.78, 5) is 32.8. The van der Waals surface area contributed by atoms with Crippen LogP contribution in [-0.2, 0) is 21.8 Å². The predicted octanol–water partition coefficient (Wildman–Crippen LogP) is 3.79. The predicted molar refractivity (Wildman–Crippen MR) is 174 cm³/mol. The Labute approximate surface area is 271 Å². The van der Waals surface area contributed by atoms with E-state index in [-0.39, 0.29) is 48.2 Å². The number of amides is 2. The number of nitrogens with zero attached hydrogens (tertiary/aromatic N) is 4. The van der Waals surface area contributed by atoms with Crippen molar-refractivity contribution in [3.8, 4) is 5.75 Å². The first-order valence-electron chi connectivity index (χ1n) is 15.6. The molecule has 0 bridgehead atoms. The molecular formula is C33H45N5O7S. The molecule has 0 spiro atoms. The van der Waals surface area contributed by atoms with Crippen LogP contribution in [0.1, 0.15) is 60.7 Å². The van der Waals surface area contributed by atoms with Gasteiger partial charge in [-0.2, -0.15) is 4.31 Å². The molecule has 46 heavy (non-hydrogen) atoms. The average Bonchev–Trinajstić information content (AvgIpc) is 3.49. The normalized spacial score (nSPS) is 20.8. The number of aliphatic hydroxyl groups is 1. The number of hydrogen-bond acceptors (Lipinski definition) is 8. The zero-order valence-corrected chi connectivity index (χ0v) is 27.9. The molecule has 0 saturated heterocycles. The largest absolute Gasteiger partial charge is 0.490 e. The lowest BCUT2D eigenvalue weighted by Crippen LogP contribution is -2.48. The highest BCUT2D eigenvalue weighted by atomic mass is 32.2. The lowest BCUT2D eigenvalue weighted by molar-refractivity contribution is -0.00835. The number of carbonyl (C=O) groups is 2.